The minimum Gasteiger partial charge on any atom is -0.467 e. The number of nitrogens with one attached hydrogen (secondary N) is 2. The van der Waals surface area contributed by atoms with Crippen molar-refractivity contribution in [2.75, 3.05) is 7.11 Å². The Morgan fingerprint density at radius 3 is 2.12 bits per heavy atom. The van der Waals surface area contributed by atoms with E-state index in [1.54, 1.807) is 6.92 Å². The first-order chi connectivity index (χ1) is 15.4. The number of amides is 2. The molecule has 0 fully saturated rings. The lowest BCUT2D eigenvalue weighted by molar-refractivity contribution is -0.146. The molecule has 0 saturated carbocycles. The highest BCUT2D eigenvalue weighted by Crippen LogP contribution is 2.11. The lowest BCUT2D eigenvalue weighted by Gasteiger charge is -2.25. The Kier molecular flexibility index (Phi) is 9.72. The zero-order valence-corrected chi connectivity index (χ0v) is 18.1. The molecule has 0 bridgehead atoms. The van der Waals surface area contributed by atoms with Crippen molar-refractivity contribution in [1.82, 2.24) is 10.6 Å². The molecule has 0 aliphatic carbocycles. The first kappa shape index (κ1) is 24.4. The van der Waals surface area contributed by atoms with Crippen LogP contribution in [-0.2, 0) is 32.1 Å². The van der Waals surface area contributed by atoms with Crippen molar-refractivity contribution in [1.29, 1.82) is 5.26 Å². The molecule has 0 saturated heterocycles. The van der Waals surface area contributed by atoms with Crippen molar-refractivity contribution in [3.63, 3.8) is 0 Å². The molecule has 3 atom stereocenters. The average Bonchev–Trinajstić information content (AvgIpc) is 2.81. The fourth-order valence-electron chi connectivity index (χ4n) is 3.04. The zero-order valence-electron chi connectivity index (χ0n) is 18.1. The van der Waals surface area contributed by atoms with Crippen LogP contribution in [0.25, 0.3) is 0 Å². The summed E-state index contributed by atoms with van der Waals surface area (Å²) < 4.78 is 10.0. The molecule has 2 amide bonds. The van der Waals surface area contributed by atoms with Gasteiger partial charge < -0.3 is 20.1 Å². The second-order valence-electron chi connectivity index (χ2n) is 7.30. The Bertz CT molecular complexity index is 928. The molecule has 2 aromatic rings. The second kappa shape index (κ2) is 12.7. The van der Waals surface area contributed by atoms with Crippen molar-refractivity contribution >= 4 is 18.0 Å². The van der Waals surface area contributed by atoms with Gasteiger partial charge in [0.15, 0.2) is 0 Å². The Hall–Kier alpha value is -3.86. The van der Waals surface area contributed by atoms with E-state index in [-0.39, 0.29) is 19.4 Å². The molecular weight excluding hydrogens is 410 g/mol. The first-order valence-corrected chi connectivity index (χ1v) is 10.2. The minimum atomic E-state index is -1.02. The van der Waals surface area contributed by atoms with Gasteiger partial charge in [0.1, 0.15) is 18.7 Å². The summed E-state index contributed by atoms with van der Waals surface area (Å²) in [5, 5.41) is 14.2. The predicted octanol–water partition coefficient (Wildman–Crippen LogP) is 2.73. The Labute approximate surface area is 187 Å². The number of methoxy groups -OCH3 is 1. The van der Waals surface area contributed by atoms with Crippen LogP contribution in [0.3, 0.4) is 0 Å². The standard InChI is InChI=1S/C24H27N3O5/c1-17(13-14-25)21(23(29)31-2)27-22(28)20(15-18-9-5-3-6-10-18)26-24(30)32-16-19-11-7-4-8-12-19/h3-12,17,20-21H,13,15-16H2,1-2H3,(H,26,30)(H,27,28)/t17-,20-,21+/m0/s1. The molecule has 32 heavy (non-hydrogen) atoms. The second-order valence-corrected chi connectivity index (χ2v) is 7.30. The highest BCUT2D eigenvalue weighted by atomic mass is 16.5. The molecule has 2 N–H and O–H groups in total. The van der Waals surface area contributed by atoms with Crippen LogP contribution >= 0.6 is 0 Å². The van der Waals surface area contributed by atoms with Crippen LogP contribution in [0.5, 0.6) is 0 Å². The number of ether oxygens (including phenoxy) is 2. The number of carbonyl (C=O) groups is 3. The number of carbonyl (C=O) groups excluding carboxylic acids is 3. The normalized spacial score (nSPS) is 13.0. The Morgan fingerprint density at radius 2 is 1.56 bits per heavy atom. The maximum atomic E-state index is 13.0. The Morgan fingerprint density at radius 1 is 0.969 bits per heavy atom. The predicted molar refractivity (Wildman–Crippen MR) is 117 cm³/mol. The SMILES string of the molecule is COC(=O)[C@H](NC(=O)[C@H](Cc1ccccc1)NC(=O)OCc1ccccc1)[C@@H](C)CC#N. The average molecular weight is 437 g/mol. The molecule has 0 heterocycles. The van der Waals surface area contributed by atoms with Gasteiger partial charge in [0.25, 0.3) is 0 Å². The van der Waals surface area contributed by atoms with Crippen LogP contribution in [-0.4, -0.2) is 37.2 Å². The van der Waals surface area contributed by atoms with Gasteiger partial charge in [0, 0.05) is 18.8 Å². The van der Waals surface area contributed by atoms with Gasteiger partial charge in [-0.25, -0.2) is 9.59 Å². The third-order valence-corrected chi connectivity index (χ3v) is 4.84. The molecule has 0 aromatic heterocycles. The van der Waals surface area contributed by atoms with E-state index in [0.29, 0.717) is 0 Å². The van der Waals surface area contributed by atoms with Crippen molar-refractivity contribution in [3.8, 4) is 6.07 Å². The summed E-state index contributed by atoms with van der Waals surface area (Å²) in [6.45, 7) is 1.72. The van der Waals surface area contributed by atoms with E-state index in [2.05, 4.69) is 10.6 Å². The van der Waals surface area contributed by atoms with E-state index in [0.717, 1.165) is 11.1 Å². The van der Waals surface area contributed by atoms with Crippen molar-refractivity contribution < 1.29 is 23.9 Å². The highest BCUT2D eigenvalue weighted by Gasteiger charge is 2.31. The maximum absolute atomic E-state index is 13.0. The summed E-state index contributed by atoms with van der Waals surface area (Å²) in [7, 11) is 1.21. The van der Waals surface area contributed by atoms with E-state index in [1.165, 1.54) is 7.11 Å². The number of esters is 1. The molecular formula is C24H27N3O5. The summed E-state index contributed by atoms with van der Waals surface area (Å²) >= 11 is 0. The summed E-state index contributed by atoms with van der Waals surface area (Å²) in [6.07, 6.45) is -0.520. The van der Waals surface area contributed by atoms with E-state index in [4.69, 9.17) is 14.7 Å². The van der Waals surface area contributed by atoms with Crippen molar-refractivity contribution in [2.45, 2.75) is 38.5 Å². The maximum Gasteiger partial charge on any atom is 0.408 e. The van der Waals surface area contributed by atoms with Crippen LogP contribution in [0.2, 0.25) is 0 Å². The monoisotopic (exact) mass is 437 g/mol. The highest BCUT2D eigenvalue weighted by molar-refractivity contribution is 5.90. The van der Waals surface area contributed by atoms with Gasteiger partial charge in [-0.1, -0.05) is 67.6 Å². The summed E-state index contributed by atoms with van der Waals surface area (Å²) in [5.41, 5.74) is 1.62. The third kappa shape index (κ3) is 7.76. The van der Waals surface area contributed by atoms with Gasteiger partial charge in [0.05, 0.1) is 13.2 Å². The van der Waals surface area contributed by atoms with Gasteiger partial charge in [0.2, 0.25) is 5.91 Å². The third-order valence-electron chi connectivity index (χ3n) is 4.84. The summed E-state index contributed by atoms with van der Waals surface area (Å²) in [5.74, 6) is -1.71. The quantitative estimate of drug-likeness (QED) is 0.552. The van der Waals surface area contributed by atoms with E-state index < -0.39 is 36.0 Å². The van der Waals surface area contributed by atoms with Gasteiger partial charge in [-0.05, 0) is 11.1 Å². The molecule has 8 heteroatoms. The fraction of sp³-hybridized carbons (Fsp3) is 0.333. The number of hydrogen-bond donors (Lipinski definition) is 2. The number of nitriles is 1. The lowest BCUT2D eigenvalue weighted by atomic mass is 9.98. The molecule has 8 nitrogen and oxygen atoms in total. The van der Waals surface area contributed by atoms with Crippen LogP contribution in [0.15, 0.2) is 60.7 Å². The largest absolute Gasteiger partial charge is 0.467 e. The zero-order chi connectivity index (χ0) is 23.3. The summed E-state index contributed by atoms with van der Waals surface area (Å²) in [6, 6.07) is 18.3. The van der Waals surface area contributed by atoms with E-state index >= 15 is 0 Å². The molecule has 0 radical (unpaired) electrons. The van der Waals surface area contributed by atoms with E-state index in [9.17, 15) is 14.4 Å². The molecule has 2 rings (SSSR count). The smallest absolute Gasteiger partial charge is 0.408 e. The van der Waals surface area contributed by atoms with Gasteiger partial charge >= 0.3 is 12.1 Å². The van der Waals surface area contributed by atoms with E-state index in [1.807, 2.05) is 66.7 Å². The molecule has 0 aliphatic heterocycles. The number of rotatable bonds is 10. The molecule has 2 aromatic carbocycles. The van der Waals surface area contributed by atoms with Crippen molar-refractivity contribution in [2.24, 2.45) is 5.92 Å². The lowest BCUT2D eigenvalue weighted by Crippen LogP contribution is -2.54. The Balaban J connectivity index is 2.11. The topological polar surface area (TPSA) is 118 Å². The first-order valence-electron chi connectivity index (χ1n) is 10.2. The molecule has 0 unspecified atom stereocenters. The van der Waals surface area contributed by atoms with Crippen LogP contribution in [0.1, 0.15) is 24.5 Å². The fourth-order valence-corrected chi connectivity index (χ4v) is 3.04. The molecule has 0 spiro atoms. The minimum absolute atomic E-state index is 0.0515. The summed E-state index contributed by atoms with van der Waals surface area (Å²) in [4.78, 5) is 37.6. The van der Waals surface area contributed by atoms with Gasteiger partial charge in [-0.2, -0.15) is 5.26 Å². The number of nitrogens with zero attached hydrogens (tertiary/aromatic N) is 1. The number of hydrogen-bond acceptors (Lipinski definition) is 6. The van der Waals surface area contributed by atoms with Crippen LogP contribution in [0.4, 0.5) is 4.79 Å². The number of alkyl carbamates (subject to hydrolysis) is 1. The van der Waals surface area contributed by atoms with Crippen molar-refractivity contribution in [3.05, 3.63) is 71.8 Å². The molecule has 0 aliphatic rings. The van der Waals surface area contributed by atoms with Gasteiger partial charge in [-0.15, -0.1) is 0 Å². The van der Waals surface area contributed by atoms with Crippen LogP contribution in [0, 0.1) is 17.2 Å². The number of benzene rings is 2. The van der Waals surface area contributed by atoms with Crippen LogP contribution < -0.4 is 10.6 Å². The molecule has 168 valence electrons. The van der Waals surface area contributed by atoms with Gasteiger partial charge in [-0.3, -0.25) is 4.79 Å².